The monoisotopic (exact) mass is 171 g/mol. The molecule has 2 atom stereocenters. The van der Waals surface area contributed by atoms with Gasteiger partial charge in [-0.05, 0) is 19.3 Å². The zero-order valence-electron chi connectivity index (χ0n) is 7.81. The lowest BCUT2D eigenvalue weighted by Gasteiger charge is -2.16. The molecule has 1 aliphatic heterocycles. The summed E-state index contributed by atoms with van der Waals surface area (Å²) in [4.78, 5) is 11.5. The van der Waals surface area contributed by atoms with E-state index in [1.807, 2.05) is 0 Å². The highest BCUT2D eigenvalue weighted by atomic mass is 16.1. The Labute approximate surface area is 73.7 Å². The molecule has 0 unspecified atom stereocenters. The van der Waals surface area contributed by atoms with Crippen LogP contribution in [0.1, 0.15) is 32.6 Å². The first-order valence-electron chi connectivity index (χ1n) is 4.86. The SMILES string of the molecule is CC[C@H]([NH3+])[C@@H]1CCCCNC1=O. The van der Waals surface area contributed by atoms with E-state index in [-0.39, 0.29) is 11.8 Å². The second-order valence-corrected chi connectivity index (χ2v) is 3.56. The van der Waals surface area contributed by atoms with Crippen LogP contribution in [0.4, 0.5) is 0 Å². The van der Waals surface area contributed by atoms with Crippen molar-refractivity contribution in [3.63, 3.8) is 0 Å². The molecular formula is C9H19N2O+. The molecule has 4 N–H and O–H groups in total. The molecule has 1 heterocycles. The predicted octanol–water partition coefficient (Wildman–Crippen LogP) is -0.0768. The molecule has 12 heavy (non-hydrogen) atoms. The summed E-state index contributed by atoms with van der Waals surface area (Å²) in [5.41, 5.74) is 4.01. The highest BCUT2D eigenvalue weighted by molar-refractivity contribution is 5.79. The Morgan fingerprint density at radius 1 is 1.67 bits per heavy atom. The Balaban J connectivity index is 2.52. The maximum absolute atomic E-state index is 11.5. The van der Waals surface area contributed by atoms with Crippen molar-refractivity contribution in [3.05, 3.63) is 0 Å². The summed E-state index contributed by atoms with van der Waals surface area (Å²) in [6.07, 6.45) is 4.31. The second kappa shape index (κ2) is 4.45. The van der Waals surface area contributed by atoms with Gasteiger partial charge in [-0.15, -0.1) is 0 Å². The molecule has 1 aliphatic rings. The first-order chi connectivity index (χ1) is 5.75. The van der Waals surface area contributed by atoms with E-state index in [2.05, 4.69) is 18.0 Å². The highest BCUT2D eigenvalue weighted by Gasteiger charge is 2.27. The molecular weight excluding hydrogens is 152 g/mol. The van der Waals surface area contributed by atoms with Gasteiger partial charge in [0, 0.05) is 6.54 Å². The summed E-state index contributed by atoms with van der Waals surface area (Å²) in [7, 11) is 0. The van der Waals surface area contributed by atoms with Crippen LogP contribution in [-0.4, -0.2) is 18.5 Å². The lowest BCUT2D eigenvalue weighted by molar-refractivity contribution is -0.430. The van der Waals surface area contributed by atoms with Crippen molar-refractivity contribution in [2.75, 3.05) is 6.54 Å². The maximum atomic E-state index is 11.5. The van der Waals surface area contributed by atoms with Gasteiger partial charge in [-0.3, -0.25) is 4.79 Å². The summed E-state index contributed by atoms with van der Waals surface area (Å²) < 4.78 is 0. The van der Waals surface area contributed by atoms with Gasteiger partial charge >= 0.3 is 0 Å². The van der Waals surface area contributed by atoms with Gasteiger partial charge in [0.15, 0.2) is 0 Å². The molecule has 0 saturated carbocycles. The Morgan fingerprint density at radius 2 is 2.42 bits per heavy atom. The second-order valence-electron chi connectivity index (χ2n) is 3.56. The molecule has 3 nitrogen and oxygen atoms in total. The van der Waals surface area contributed by atoms with E-state index in [1.165, 1.54) is 0 Å². The van der Waals surface area contributed by atoms with E-state index in [9.17, 15) is 4.79 Å². The fourth-order valence-corrected chi connectivity index (χ4v) is 1.70. The molecule has 0 aliphatic carbocycles. The van der Waals surface area contributed by atoms with Crippen LogP contribution < -0.4 is 11.1 Å². The average Bonchev–Trinajstić information content (AvgIpc) is 2.28. The third-order valence-electron chi connectivity index (χ3n) is 2.67. The number of hydrogen-bond donors (Lipinski definition) is 2. The Morgan fingerprint density at radius 3 is 3.08 bits per heavy atom. The minimum absolute atomic E-state index is 0.164. The molecule has 1 rings (SSSR count). The predicted molar refractivity (Wildman–Crippen MR) is 47.3 cm³/mol. The van der Waals surface area contributed by atoms with Crippen molar-refractivity contribution >= 4 is 5.91 Å². The van der Waals surface area contributed by atoms with Crippen molar-refractivity contribution < 1.29 is 10.5 Å². The van der Waals surface area contributed by atoms with Crippen LogP contribution in [0, 0.1) is 5.92 Å². The Hall–Kier alpha value is -0.570. The van der Waals surface area contributed by atoms with Crippen molar-refractivity contribution in [1.29, 1.82) is 0 Å². The smallest absolute Gasteiger partial charge is 0.229 e. The van der Waals surface area contributed by atoms with Crippen LogP contribution >= 0.6 is 0 Å². The fourth-order valence-electron chi connectivity index (χ4n) is 1.70. The van der Waals surface area contributed by atoms with Gasteiger partial charge in [-0.2, -0.15) is 0 Å². The van der Waals surface area contributed by atoms with Crippen LogP contribution in [0.25, 0.3) is 0 Å². The standard InChI is InChI=1S/C9H18N2O/c1-2-8(10)7-5-3-4-6-11-9(7)12/h7-8H,2-6,10H2,1H3,(H,11,12)/p+1/t7-,8-/m0/s1. The normalized spacial score (nSPS) is 27.5. The summed E-state index contributed by atoms with van der Waals surface area (Å²) in [5.74, 6) is 0.381. The number of quaternary nitrogens is 1. The van der Waals surface area contributed by atoms with E-state index >= 15 is 0 Å². The summed E-state index contributed by atoms with van der Waals surface area (Å²) >= 11 is 0. The molecule has 3 heteroatoms. The van der Waals surface area contributed by atoms with Crippen LogP contribution in [0.15, 0.2) is 0 Å². The van der Waals surface area contributed by atoms with E-state index in [0.29, 0.717) is 6.04 Å². The molecule has 0 bridgehead atoms. The molecule has 1 amide bonds. The number of hydrogen-bond acceptors (Lipinski definition) is 1. The topological polar surface area (TPSA) is 56.7 Å². The maximum Gasteiger partial charge on any atom is 0.229 e. The van der Waals surface area contributed by atoms with E-state index in [0.717, 1.165) is 32.2 Å². The zero-order valence-corrected chi connectivity index (χ0v) is 7.81. The van der Waals surface area contributed by atoms with Crippen LogP contribution in [0.3, 0.4) is 0 Å². The number of carbonyl (C=O) groups excluding carboxylic acids is 1. The lowest BCUT2D eigenvalue weighted by Crippen LogP contribution is -2.66. The molecule has 1 saturated heterocycles. The van der Waals surface area contributed by atoms with E-state index in [1.54, 1.807) is 0 Å². The van der Waals surface area contributed by atoms with Gasteiger partial charge in [0.25, 0.3) is 0 Å². The zero-order chi connectivity index (χ0) is 8.97. The van der Waals surface area contributed by atoms with Gasteiger partial charge < -0.3 is 11.1 Å². The summed E-state index contributed by atoms with van der Waals surface area (Å²) in [6, 6.07) is 0.295. The average molecular weight is 171 g/mol. The Kier molecular flexibility index (Phi) is 3.53. The molecule has 1 fully saturated rings. The molecule has 0 aromatic carbocycles. The van der Waals surface area contributed by atoms with Crippen molar-refractivity contribution in [3.8, 4) is 0 Å². The summed E-state index contributed by atoms with van der Waals surface area (Å²) in [6.45, 7) is 2.95. The van der Waals surface area contributed by atoms with Gasteiger partial charge in [0.05, 0.1) is 12.0 Å². The van der Waals surface area contributed by atoms with Crippen molar-refractivity contribution in [2.45, 2.75) is 38.6 Å². The van der Waals surface area contributed by atoms with Crippen molar-refractivity contribution in [2.24, 2.45) is 5.92 Å². The number of amides is 1. The molecule has 0 radical (unpaired) electrons. The van der Waals surface area contributed by atoms with E-state index < -0.39 is 0 Å². The highest BCUT2D eigenvalue weighted by Crippen LogP contribution is 2.15. The minimum Gasteiger partial charge on any atom is -0.356 e. The third-order valence-corrected chi connectivity index (χ3v) is 2.67. The quantitative estimate of drug-likeness (QED) is 0.600. The molecule has 70 valence electrons. The van der Waals surface area contributed by atoms with Gasteiger partial charge in [-0.25, -0.2) is 0 Å². The van der Waals surface area contributed by atoms with Crippen LogP contribution in [0.5, 0.6) is 0 Å². The van der Waals surface area contributed by atoms with Gasteiger partial charge in [-0.1, -0.05) is 13.3 Å². The Bertz CT molecular complexity index is 159. The van der Waals surface area contributed by atoms with E-state index in [4.69, 9.17) is 0 Å². The third kappa shape index (κ3) is 2.21. The van der Waals surface area contributed by atoms with Gasteiger partial charge in [0.2, 0.25) is 5.91 Å². The minimum atomic E-state index is 0.164. The van der Waals surface area contributed by atoms with Crippen LogP contribution in [-0.2, 0) is 4.79 Å². The summed E-state index contributed by atoms with van der Waals surface area (Å²) in [5, 5.41) is 2.93. The molecule has 0 spiro atoms. The fraction of sp³-hybridized carbons (Fsp3) is 0.889. The van der Waals surface area contributed by atoms with Crippen LogP contribution in [0.2, 0.25) is 0 Å². The number of nitrogens with one attached hydrogen (secondary N) is 1. The first kappa shape index (κ1) is 9.52. The lowest BCUT2D eigenvalue weighted by atomic mass is 9.93. The number of rotatable bonds is 2. The number of carbonyl (C=O) groups is 1. The van der Waals surface area contributed by atoms with Crippen molar-refractivity contribution in [1.82, 2.24) is 5.32 Å². The largest absolute Gasteiger partial charge is 0.356 e. The molecule has 0 aromatic rings. The first-order valence-corrected chi connectivity index (χ1v) is 4.86. The molecule has 0 aromatic heterocycles. The van der Waals surface area contributed by atoms with Gasteiger partial charge in [0.1, 0.15) is 0 Å².